The number of carbonyl (C=O) groups excluding carboxylic acids is 4. The Morgan fingerprint density at radius 3 is 1.50 bits per heavy atom. The van der Waals surface area contributed by atoms with Crippen LogP contribution >= 0.6 is 0 Å². The maximum absolute atomic E-state index is 14.5. The summed E-state index contributed by atoms with van der Waals surface area (Å²) in [7, 11) is 0. The quantitative estimate of drug-likeness (QED) is 0.118. The average molecular weight is 967 g/mol. The van der Waals surface area contributed by atoms with Gasteiger partial charge in [-0.25, -0.2) is 27.8 Å². The van der Waals surface area contributed by atoms with Gasteiger partial charge in [-0.15, -0.1) is 0 Å². The fourth-order valence-electron chi connectivity index (χ4n) is 8.25. The van der Waals surface area contributed by atoms with Crippen LogP contribution in [-0.4, -0.2) is 148 Å². The Bertz CT molecular complexity index is 2760. The van der Waals surface area contributed by atoms with Gasteiger partial charge in [0.1, 0.15) is 47.2 Å². The lowest BCUT2D eigenvalue weighted by molar-refractivity contribution is -0.0163. The van der Waals surface area contributed by atoms with E-state index in [1.807, 2.05) is 0 Å². The Morgan fingerprint density at radius 2 is 1.13 bits per heavy atom. The van der Waals surface area contributed by atoms with Crippen molar-refractivity contribution < 1.29 is 57.1 Å². The van der Waals surface area contributed by atoms with Gasteiger partial charge in [-0.3, -0.25) is 19.2 Å². The first-order valence-electron chi connectivity index (χ1n) is 22.7. The summed E-state index contributed by atoms with van der Waals surface area (Å²) in [4.78, 5) is 63.4. The van der Waals surface area contributed by atoms with Crippen LogP contribution in [0, 0.1) is 0 Å². The lowest BCUT2D eigenvalue weighted by atomic mass is 10.0. The number of aliphatic hydroxyl groups is 2. The number of hydrogen-bond donors (Lipinski definition) is 4. The number of aromatic nitrogens is 6. The monoisotopic (exact) mass is 966 g/mol. The molecule has 0 aliphatic carbocycles. The molecular formula is C48H52F2N10O10. The van der Waals surface area contributed by atoms with Gasteiger partial charge in [0.15, 0.2) is 11.3 Å². The zero-order valence-electron chi connectivity index (χ0n) is 38.8. The second-order valence-electron chi connectivity index (χ2n) is 18.6. The first kappa shape index (κ1) is 47.9. The smallest absolute Gasteiger partial charge is 0.261 e. The number of rotatable bonds is 14. The largest absolute Gasteiger partial charge is 0.486 e. The van der Waals surface area contributed by atoms with E-state index in [2.05, 4.69) is 30.8 Å². The maximum Gasteiger partial charge on any atom is 0.261 e. The third-order valence-electron chi connectivity index (χ3n) is 12.4. The van der Waals surface area contributed by atoms with Crippen LogP contribution in [0.4, 0.5) is 20.2 Å². The van der Waals surface area contributed by atoms with Gasteiger partial charge in [0.25, 0.3) is 23.6 Å². The molecule has 70 heavy (non-hydrogen) atoms. The Kier molecular flexibility index (Phi) is 13.2. The van der Waals surface area contributed by atoms with Crippen molar-refractivity contribution in [3.63, 3.8) is 0 Å². The molecule has 0 radical (unpaired) electrons. The van der Waals surface area contributed by atoms with Crippen molar-refractivity contribution in [1.82, 2.24) is 39.0 Å². The molecule has 4 N–H and O–H groups in total. The zero-order valence-corrected chi connectivity index (χ0v) is 38.8. The molecule has 0 spiro atoms. The minimum Gasteiger partial charge on any atom is -0.486 e. The minimum absolute atomic E-state index is 0.151. The van der Waals surface area contributed by atoms with Crippen molar-refractivity contribution >= 4 is 46.3 Å². The molecule has 20 nitrogen and oxygen atoms in total. The third-order valence-corrected chi connectivity index (χ3v) is 12.4. The highest BCUT2D eigenvalue weighted by Gasteiger charge is 2.38. The number of amides is 4. The Hall–Kier alpha value is -7.14. The Balaban J connectivity index is 0.000000174. The van der Waals surface area contributed by atoms with Crippen molar-refractivity contribution in [3.8, 4) is 11.5 Å². The molecule has 2 saturated heterocycles. The molecule has 2 aromatic carbocycles. The fraction of sp³-hybridized carbons (Fsp3) is 0.417. The van der Waals surface area contributed by atoms with E-state index in [0.717, 1.165) is 0 Å². The predicted molar refractivity (Wildman–Crippen MR) is 246 cm³/mol. The second kappa shape index (κ2) is 19.3. The van der Waals surface area contributed by atoms with Gasteiger partial charge in [0.2, 0.25) is 0 Å². The molecule has 4 aliphatic rings. The molecule has 4 aliphatic heterocycles. The summed E-state index contributed by atoms with van der Waals surface area (Å²) in [6, 6.07) is 9.93. The summed E-state index contributed by atoms with van der Waals surface area (Å²) < 4.78 is 55.0. The van der Waals surface area contributed by atoms with Gasteiger partial charge in [0.05, 0.1) is 74.5 Å². The second-order valence-corrected chi connectivity index (χ2v) is 18.6. The van der Waals surface area contributed by atoms with Crippen molar-refractivity contribution in [2.24, 2.45) is 0 Å². The fourth-order valence-corrected chi connectivity index (χ4v) is 8.25. The molecule has 0 bridgehead atoms. The first-order chi connectivity index (χ1) is 33.4. The topological polar surface area (TPSA) is 237 Å². The predicted octanol–water partition coefficient (Wildman–Crippen LogP) is 4.43. The Labute approximate surface area is 399 Å². The van der Waals surface area contributed by atoms with Gasteiger partial charge >= 0.3 is 0 Å². The van der Waals surface area contributed by atoms with Gasteiger partial charge < -0.3 is 49.6 Å². The number of anilines is 2. The summed E-state index contributed by atoms with van der Waals surface area (Å²) in [5.41, 5.74) is 0.973. The molecule has 0 saturated carbocycles. The van der Waals surface area contributed by atoms with Crippen LogP contribution in [-0.2, 0) is 22.6 Å². The summed E-state index contributed by atoms with van der Waals surface area (Å²) in [6.07, 6.45) is 7.07. The van der Waals surface area contributed by atoms with Crippen molar-refractivity contribution in [3.05, 3.63) is 107 Å². The molecule has 2 fully saturated rings. The standard InChI is InChI=1S/2C24H26FN5O5/c2*1-24(2,33)20(25)12-29-11-14-8-18(19(9-16(14)23(29)32)35-15-4-7-34-13-15)28-22(31)17-10-27-30-6-3-5-26-21(17)30/h2*3,5-6,8-10,15,20,33H,4,7,11-13H2,1-2H3,(H,28,31)/t15-,20+;15-,20-/m01/s1. The molecule has 0 unspecified atom stereocenters. The molecule has 4 aromatic heterocycles. The van der Waals surface area contributed by atoms with E-state index in [1.165, 1.54) is 58.9 Å². The normalized spacial score (nSPS) is 18.7. The summed E-state index contributed by atoms with van der Waals surface area (Å²) in [5, 5.41) is 33.9. The van der Waals surface area contributed by atoms with Gasteiger partial charge in [0, 0.05) is 61.8 Å². The first-order valence-corrected chi connectivity index (χ1v) is 22.7. The lowest BCUT2D eigenvalue weighted by Crippen LogP contribution is -2.42. The highest BCUT2D eigenvalue weighted by molar-refractivity contribution is 6.10. The summed E-state index contributed by atoms with van der Waals surface area (Å²) >= 11 is 0. The van der Waals surface area contributed by atoms with E-state index in [1.54, 1.807) is 61.2 Å². The molecular weight excluding hydrogens is 915 g/mol. The minimum atomic E-state index is -1.62. The number of nitrogens with zero attached hydrogens (tertiary/aromatic N) is 8. The summed E-state index contributed by atoms with van der Waals surface area (Å²) in [6.45, 7) is 7.19. The Morgan fingerprint density at radius 1 is 0.714 bits per heavy atom. The van der Waals surface area contributed by atoms with Gasteiger partial charge in [-0.1, -0.05) is 0 Å². The molecule has 4 amide bonds. The molecule has 8 heterocycles. The molecule has 6 aromatic rings. The summed E-state index contributed by atoms with van der Waals surface area (Å²) in [5.74, 6) is -0.928. The molecule has 22 heteroatoms. The zero-order chi connectivity index (χ0) is 49.5. The molecule has 4 atom stereocenters. The van der Waals surface area contributed by atoms with E-state index >= 15 is 0 Å². The van der Waals surface area contributed by atoms with Crippen LogP contribution in [0.15, 0.2) is 73.6 Å². The van der Waals surface area contributed by atoms with E-state index in [0.29, 0.717) is 95.7 Å². The number of benzene rings is 2. The average Bonchev–Trinajstić information content (AvgIpc) is 4.20. The molecule has 10 rings (SSSR count). The number of carbonyl (C=O) groups is 4. The number of halogens is 2. The molecule has 368 valence electrons. The maximum atomic E-state index is 14.5. The van der Waals surface area contributed by atoms with Crippen molar-refractivity contribution in [1.29, 1.82) is 0 Å². The number of alkyl halides is 2. The van der Waals surface area contributed by atoms with Crippen molar-refractivity contribution in [2.75, 3.05) is 50.2 Å². The number of nitrogens with one attached hydrogen (secondary N) is 2. The van der Waals surface area contributed by atoms with Gasteiger partial charge in [-0.2, -0.15) is 10.2 Å². The number of fused-ring (bicyclic) bond motifs is 4. The van der Waals surface area contributed by atoms with Crippen LogP contribution in [0.2, 0.25) is 0 Å². The van der Waals surface area contributed by atoms with Crippen molar-refractivity contribution in [2.45, 2.75) is 89.4 Å². The van der Waals surface area contributed by atoms with Crippen LogP contribution in [0.25, 0.3) is 11.3 Å². The highest BCUT2D eigenvalue weighted by atomic mass is 19.1. The third kappa shape index (κ3) is 10.1. The van der Waals surface area contributed by atoms with E-state index in [9.17, 15) is 38.2 Å². The SMILES string of the molecule is CC(C)(O)[C@H](F)CN1Cc2cc(NC(=O)c3cnn4cccnc34)c(O[C@@H]3CCOC3)cc2C1=O.CC(C)(O)[C@H](F)CN1Cc2cc(NC(=O)c3cnn4cccnc34)c(O[C@H]3CCOC3)cc2C1=O. The van der Waals surface area contributed by atoms with Crippen LogP contribution < -0.4 is 20.1 Å². The van der Waals surface area contributed by atoms with Gasteiger partial charge in [-0.05, 0) is 75.2 Å². The lowest BCUT2D eigenvalue weighted by Gasteiger charge is -2.26. The van der Waals surface area contributed by atoms with Crippen LogP contribution in [0.3, 0.4) is 0 Å². The van der Waals surface area contributed by atoms with Crippen LogP contribution in [0.1, 0.15) is 93.1 Å². The van der Waals surface area contributed by atoms with E-state index in [4.69, 9.17) is 18.9 Å². The number of ether oxygens (including phenoxy) is 4. The van der Waals surface area contributed by atoms with Crippen LogP contribution in [0.5, 0.6) is 11.5 Å². The van der Waals surface area contributed by atoms with E-state index in [-0.39, 0.29) is 61.3 Å². The number of hydrogen-bond acceptors (Lipinski definition) is 14. The highest BCUT2D eigenvalue weighted by Crippen LogP contribution is 2.38. The van der Waals surface area contributed by atoms with E-state index < -0.39 is 35.4 Å².